The van der Waals surface area contributed by atoms with Crippen LogP contribution in [0.2, 0.25) is 0 Å². The van der Waals surface area contributed by atoms with Crippen molar-refractivity contribution in [1.29, 1.82) is 5.26 Å². The van der Waals surface area contributed by atoms with Crippen molar-refractivity contribution in [3.8, 4) is 11.8 Å². The third kappa shape index (κ3) is 2.66. The number of H-pyrrole nitrogens is 1. The minimum Gasteiger partial charge on any atom is -0.497 e. The lowest BCUT2D eigenvalue weighted by atomic mass is 10.2. The Balaban J connectivity index is 1.57. The van der Waals surface area contributed by atoms with Crippen molar-refractivity contribution in [2.45, 2.75) is 6.61 Å². The maximum Gasteiger partial charge on any atom is 0.355 e. The smallest absolute Gasteiger partial charge is 0.355 e. The molecule has 0 saturated heterocycles. The van der Waals surface area contributed by atoms with Gasteiger partial charge in [0, 0.05) is 34.9 Å². The molecule has 0 radical (unpaired) electrons. The topological polar surface area (TPSA) is 79.5 Å². The average Bonchev–Trinajstić information content (AvgIpc) is 3.26. The number of hydrogen-bond acceptors (Lipinski definition) is 4. The number of benzene rings is 1. The van der Waals surface area contributed by atoms with Crippen LogP contribution in [0.5, 0.6) is 5.75 Å². The number of ether oxygens (including phenoxy) is 2. The Morgan fingerprint density at radius 1 is 1.27 bits per heavy atom. The molecule has 3 heterocycles. The molecule has 0 saturated carbocycles. The summed E-state index contributed by atoms with van der Waals surface area (Å²) in [6.45, 7) is 0.0299. The van der Waals surface area contributed by atoms with Gasteiger partial charge in [-0.1, -0.05) is 6.07 Å². The Kier molecular flexibility index (Phi) is 3.82. The lowest BCUT2D eigenvalue weighted by molar-refractivity contribution is 0.0467. The molecular formula is C20H15N3O3. The van der Waals surface area contributed by atoms with Gasteiger partial charge in [-0.05, 0) is 30.3 Å². The van der Waals surface area contributed by atoms with E-state index in [1.165, 1.54) is 0 Å². The number of aromatic amines is 1. The summed E-state index contributed by atoms with van der Waals surface area (Å²) in [4.78, 5) is 15.4. The molecule has 0 atom stereocenters. The monoisotopic (exact) mass is 345 g/mol. The predicted octanol–water partition coefficient (Wildman–Crippen LogP) is 3.66. The molecule has 0 aliphatic heterocycles. The summed E-state index contributed by atoms with van der Waals surface area (Å²) in [6.07, 6.45) is 3.66. The highest BCUT2D eigenvalue weighted by atomic mass is 16.5. The van der Waals surface area contributed by atoms with E-state index in [4.69, 9.17) is 9.47 Å². The normalized spacial score (nSPS) is 10.8. The number of fused-ring (bicyclic) bond motifs is 2. The molecule has 4 aromatic rings. The van der Waals surface area contributed by atoms with Crippen LogP contribution in [0.3, 0.4) is 0 Å². The van der Waals surface area contributed by atoms with Gasteiger partial charge in [-0.2, -0.15) is 5.26 Å². The first-order chi connectivity index (χ1) is 12.7. The van der Waals surface area contributed by atoms with Gasteiger partial charge in [0.2, 0.25) is 0 Å². The van der Waals surface area contributed by atoms with Crippen LogP contribution in [0, 0.1) is 11.3 Å². The number of carbonyl (C=O) groups is 1. The quantitative estimate of drug-likeness (QED) is 0.573. The maximum absolute atomic E-state index is 12.4. The summed E-state index contributed by atoms with van der Waals surface area (Å²) in [5.74, 6) is 0.234. The number of nitrogens with zero attached hydrogens (tertiary/aromatic N) is 2. The van der Waals surface area contributed by atoms with Crippen LogP contribution in [-0.4, -0.2) is 22.5 Å². The van der Waals surface area contributed by atoms with E-state index in [-0.39, 0.29) is 6.61 Å². The number of nitrogens with one attached hydrogen (secondary N) is 1. The summed E-state index contributed by atoms with van der Waals surface area (Å²) in [5.41, 5.74) is 3.13. The molecule has 0 unspecified atom stereocenters. The number of rotatable bonds is 4. The molecule has 128 valence electrons. The van der Waals surface area contributed by atoms with Crippen LogP contribution < -0.4 is 4.74 Å². The minimum absolute atomic E-state index is 0.0299. The molecule has 0 aliphatic rings. The van der Waals surface area contributed by atoms with Gasteiger partial charge in [0.25, 0.3) is 0 Å². The van der Waals surface area contributed by atoms with E-state index in [1.54, 1.807) is 19.4 Å². The van der Waals surface area contributed by atoms with E-state index in [1.807, 2.05) is 47.0 Å². The fourth-order valence-corrected chi connectivity index (χ4v) is 2.98. The van der Waals surface area contributed by atoms with Crippen LogP contribution in [0.1, 0.15) is 21.6 Å². The summed E-state index contributed by atoms with van der Waals surface area (Å²) >= 11 is 0. The Labute approximate surface area is 149 Å². The fourth-order valence-electron chi connectivity index (χ4n) is 2.98. The molecule has 0 fully saturated rings. The van der Waals surface area contributed by atoms with Crippen molar-refractivity contribution in [2.24, 2.45) is 0 Å². The fraction of sp³-hybridized carbons (Fsp3) is 0.100. The third-order valence-electron chi connectivity index (χ3n) is 4.28. The van der Waals surface area contributed by atoms with Crippen molar-refractivity contribution in [2.75, 3.05) is 7.11 Å². The van der Waals surface area contributed by atoms with Gasteiger partial charge in [0.05, 0.1) is 18.2 Å². The Bertz CT molecular complexity index is 1160. The van der Waals surface area contributed by atoms with E-state index >= 15 is 0 Å². The van der Waals surface area contributed by atoms with Gasteiger partial charge < -0.3 is 18.9 Å². The number of nitriles is 1. The highest BCUT2D eigenvalue weighted by Gasteiger charge is 2.15. The van der Waals surface area contributed by atoms with E-state index < -0.39 is 5.97 Å². The second-order valence-electron chi connectivity index (χ2n) is 5.85. The maximum atomic E-state index is 12.4. The average molecular weight is 345 g/mol. The zero-order valence-electron chi connectivity index (χ0n) is 14.0. The lowest BCUT2D eigenvalue weighted by Gasteiger charge is -2.02. The molecule has 4 rings (SSSR count). The first-order valence-corrected chi connectivity index (χ1v) is 8.02. The van der Waals surface area contributed by atoms with Gasteiger partial charge >= 0.3 is 5.97 Å². The molecule has 0 aliphatic carbocycles. The summed E-state index contributed by atoms with van der Waals surface area (Å²) in [5, 5.41) is 10.3. The largest absolute Gasteiger partial charge is 0.497 e. The summed E-state index contributed by atoms with van der Waals surface area (Å²) in [6, 6.07) is 15.0. The van der Waals surface area contributed by atoms with E-state index in [0.717, 1.165) is 16.4 Å². The number of esters is 1. The SMILES string of the molecule is COc1ccc2cc(C(=O)OCc3cn4ccccc4c3C#N)[nH]c2c1. The number of aromatic nitrogens is 2. The summed E-state index contributed by atoms with van der Waals surface area (Å²) in [7, 11) is 1.59. The molecule has 3 aromatic heterocycles. The van der Waals surface area contributed by atoms with Crippen LogP contribution in [-0.2, 0) is 11.3 Å². The molecular weight excluding hydrogens is 330 g/mol. The second kappa shape index (κ2) is 6.30. The highest BCUT2D eigenvalue weighted by Crippen LogP contribution is 2.23. The van der Waals surface area contributed by atoms with Crippen LogP contribution in [0.4, 0.5) is 0 Å². The Morgan fingerprint density at radius 3 is 2.96 bits per heavy atom. The second-order valence-corrected chi connectivity index (χ2v) is 5.85. The van der Waals surface area contributed by atoms with Crippen molar-refractivity contribution >= 4 is 22.4 Å². The van der Waals surface area contributed by atoms with Crippen LogP contribution >= 0.6 is 0 Å². The first-order valence-electron chi connectivity index (χ1n) is 8.02. The molecule has 1 N–H and O–H groups in total. The van der Waals surface area contributed by atoms with Crippen molar-refractivity contribution < 1.29 is 14.3 Å². The number of pyridine rings is 1. The number of carbonyl (C=O) groups excluding carboxylic acids is 1. The molecule has 0 amide bonds. The van der Waals surface area contributed by atoms with Gasteiger partial charge in [0.15, 0.2) is 0 Å². The zero-order valence-corrected chi connectivity index (χ0v) is 14.0. The molecule has 0 bridgehead atoms. The summed E-state index contributed by atoms with van der Waals surface area (Å²) < 4.78 is 12.4. The van der Waals surface area contributed by atoms with Gasteiger partial charge in [-0.15, -0.1) is 0 Å². The zero-order chi connectivity index (χ0) is 18.1. The van der Waals surface area contributed by atoms with E-state index in [9.17, 15) is 10.1 Å². The van der Waals surface area contributed by atoms with E-state index in [2.05, 4.69) is 11.1 Å². The third-order valence-corrected chi connectivity index (χ3v) is 4.28. The molecule has 6 heteroatoms. The molecule has 1 aromatic carbocycles. The molecule has 26 heavy (non-hydrogen) atoms. The first kappa shape index (κ1) is 15.8. The van der Waals surface area contributed by atoms with Crippen LogP contribution in [0.25, 0.3) is 16.4 Å². The van der Waals surface area contributed by atoms with Crippen molar-refractivity contribution in [3.63, 3.8) is 0 Å². The number of methoxy groups -OCH3 is 1. The Morgan fingerprint density at radius 2 is 2.15 bits per heavy atom. The van der Waals surface area contributed by atoms with Crippen molar-refractivity contribution in [3.05, 3.63) is 71.7 Å². The van der Waals surface area contributed by atoms with Gasteiger partial charge in [-0.25, -0.2) is 4.79 Å². The minimum atomic E-state index is -0.473. The standard InChI is InChI=1S/C20H15N3O3/c1-25-15-6-5-13-8-18(22-17(13)9-15)20(24)26-12-14-11-23-7-3-2-4-19(23)16(14)10-21/h2-9,11,22H,12H2,1H3. The van der Waals surface area contributed by atoms with Crippen LogP contribution in [0.15, 0.2) is 54.9 Å². The van der Waals surface area contributed by atoms with Gasteiger partial charge in [-0.3, -0.25) is 0 Å². The number of hydrogen-bond donors (Lipinski definition) is 1. The Hall–Kier alpha value is -3.72. The predicted molar refractivity (Wildman–Crippen MR) is 96.1 cm³/mol. The molecule has 6 nitrogen and oxygen atoms in total. The van der Waals surface area contributed by atoms with E-state index in [0.29, 0.717) is 22.6 Å². The lowest BCUT2D eigenvalue weighted by Crippen LogP contribution is -2.05. The molecule has 0 spiro atoms. The van der Waals surface area contributed by atoms with Gasteiger partial charge in [0.1, 0.15) is 24.1 Å². The highest BCUT2D eigenvalue weighted by molar-refractivity contribution is 5.95. The van der Waals surface area contributed by atoms with Crippen molar-refractivity contribution in [1.82, 2.24) is 9.38 Å².